The van der Waals surface area contributed by atoms with Crippen molar-refractivity contribution in [3.05, 3.63) is 59.3 Å². The fourth-order valence-electron chi connectivity index (χ4n) is 5.48. The van der Waals surface area contributed by atoms with E-state index < -0.39 is 0 Å². The lowest BCUT2D eigenvalue weighted by Crippen LogP contribution is -2.62. The number of nitrogens with one attached hydrogen (secondary N) is 4. The molecule has 34 heavy (non-hydrogen) atoms. The lowest BCUT2D eigenvalue weighted by molar-refractivity contribution is -0.117. The van der Waals surface area contributed by atoms with Crippen LogP contribution in [0.4, 0.5) is 10.5 Å². The summed E-state index contributed by atoms with van der Waals surface area (Å²) >= 11 is 1.55. The van der Waals surface area contributed by atoms with Gasteiger partial charge in [0.15, 0.2) is 0 Å². The number of pyridine rings is 1. The molecule has 0 bridgehead atoms. The van der Waals surface area contributed by atoms with Gasteiger partial charge in [-0.25, -0.2) is 4.79 Å². The molecule has 3 saturated heterocycles. The van der Waals surface area contributed by atoms with E-state index in [1.54, 1.807) is 18.0 Å². The van der Waals surface area contributed by atoms with Crippen LogP contribution in [0.3, 0.4) is 0 Å². The highest BCUT2D eigenvalue weighted by atomic mass is 32.2. The zero-order valence-corrected chi connectivity index (χ0v) is 19.6. The third-order valence-corrected chi connectivity index (χ3v) is 8.43. The quantitative estimate of drug-likeness (QED) is 0.541. The topological polar surface area (TPSA) is 98.4 Å². The number of nitrogens with zero attached hydrogens (tertiary/aromatic N) is 2. The second kappa shape index (κ2) is 9.05. The molecule has 3 fully saturated rings. The first-order valence-electron chi connectivity index (χ1n) is 12.0. The molecule has 0 aliphatic carbocycles. The van der Waals surface area contributed by atoms with Crippen molar-refractivity contribution >= 4 is 29.4 Å². The summed E-state index contributed by atoms with van der Waals surface area (Å²) in [5.41, 5.74) is 3.44. The third-order valence-electron chi connectivity index (χ3n) is 7.07. The smallest absolute Gasteiger partial charge is 0.326 e. The molecule has 4 aliphatic rings. The van der Waals surface area contributed by atoms with E-state index in [2.05, 4.69) is 26.3 Å². The highest BCUT2D eigenvalue weighted by Gasteiger charge is 2.51. The summed E-state index contributed by atoms with van der Waals surface area (Å²) in [6.07, 6.45) is 4.62. The zero-order chi connectivity index (χ0) is 23.1. The molecule has 8 nitrogen and oxygen atoms in total. The first-order valence-corrected chi connectivity index (χ1v) is 12.8. The summed E-state index contributed by atoms with van der Waals surface area (Å²) in [4.78, 5) is 33.7. The van der Waals surface area contributed by atoms with Gasteiger partial charge in [0, 0.05) is 41.6 Å². The zero-order valence-electron chi connectivity index (χ0n) is 18.8. The van der Waals surface area contributed by atoms with Crippen molar-refractivity contribution in [2.24, 2.45) is 5.92 Å². The number of rotatable bonds is 4. The molecule has 0 spiro atoms. The Kier molecular flexibility index (Phi) is 5.76. The highest BCUT2D eigenvalue weighted by Crippen LogP contribution is 2.48. The van der Waals surface area contributed by atoms with E-state index in [0.717, 1.165) is 61.5 Å². The summed E-state index contributed by atoms with van der Waals surface area (Å²) < 4.78 is 0. The minimum absolute atomic E-state index is 0.0184. The predicted molar refractivity (Wildman–Crippen MR) is 133 cm³/mol. The van der Waals surface area contributed by atoms with Gasteiger partial charge < -0.3 is 21.3 Å². The fourth-order valence-corrected chi connectivity index (χ4v) is 6.88. The maximum atomic E-state index is 13.4. The molecule has 1 aromatic heterocycles. The Labute approximate surface area is 203 Å². The number of urea groups is 1. The number of piperidine rings is 2. The summed E-state index contributed by atoms with van der Waals surface area (Å²) in [5, 5.41) is 13.2. The molecule has 4 atom stereocenters. The van der Waals surface area contributed by atoms with Crippen LogP contribution in [0.5, 0.6) is 0 Å². The van der Waals surface area contributed by atoms with Crippen molar-refractivity contribution in [1.29, 1.82) is 0 Å². The van der Waals surface area contributed by atoms with Crippen molar-refractivity contribution in [2.45, 2.75) is 36.7 Å². The average Bonchev–Trinajstić information content (AvgIpc) is 3.25. The van der Waals surface area contributed by atoms with Gasteiger partial charge in [0.05, 0.1) is 22.0 Å². The maximum Gasteiger partial charge on any atom is 0.326 e. The van der Waals surface area contributed by atoms with Gasteiger partial charge in [0.25, 0.3) is 5.91 Å². The number of amides is 3. The van der Waals surface area contributed by atoms with Gasteiger partial charge in [0.2, 0.25) is 0 Å². The molecule has 2 aromatic rings. The van der Waals surface area contributed by atoms with E-state index in [-0.39, 0.29) is 35.3 Å². The maximum absolute atomic E-state index is 13.4. The van der Waals surface area contributed by atoms with E-state index in [1.807, 2.05) is 47.4 Å². The van der Waals surface area contributed by atoms with E-state index in [1.165, 1.54) is 0 Å². The molecule has 1 aromatic carbocycles. The van der Waals surface area contributed by atoms with Crippen LogP contribution in [0, 0.1) is 5.92 Å². The Morgan fingerprint density at radius 2 is 2.03 bits per heavy atom. The van der Waals surface area contributed by atoms with Crippen molar-refractivity contribution < 1.29 is 9.59 Å². The second-order valence-corrected chi connectivity index (χ2v) is 10.4. The molecular weight excluding hydrogens is 448 g/mol. The molecule has 4 N–H and O–H groups in total. The Hall–Kier alpha value is -2.88. The number of carbonyl (C=O) groups excluding carboxylic acids is 2. The van der Waals surface area contributed by atoms with Crippen LogP contribution in [0.25, 0.3) is 11.3 Å². The number of thioether (sulfide) groups is 1. The van der Waals surface area contributed by atoms with Gasteiger partial charge in [-0.1, -0.05) is 42.1 Å². The standard InChI is InChI=1S/C25H28N6O2S/c32-23(29-16-7-4-10-26-14-16)22-21-20-19(9-12-28-24(20)34-22)31(25(33)30-21)17-8-11-27-18(13-17)15-5-2-1-3-6-15/h1-3,5-6,8,11,13,16,19-20,24,26,28H,4,7,9-10,12,14H2,(H,29,32)(H,30,33)/t16-,19?,20?,24?/m1/s1. The van der Waals surface area contributed by atoms with Crippen LogP contribution in [-0.2, 0) is 4.79 Å². The molecular formula is C25H28N6O2S. The van der Waals surface area contributed by atoms with Crippen molar-refractivity contribution in [2.75, 3.05) is 24.5 Å². The van der Waals surface area contributed by atoms with Gasteiger partial charge >= 0.3 is 6.03 Å². The molecule has 0 saturated carbocycles. The van der Waals surface area contributed by atoms with Crippen molar-refractivity contribution in [3.63, 3.8) is 0 Å². The number of benzene rings is 1. The molecule has 3 amide bonds. The van der Waals surface area contributed by atoms with Gasteiger partial charge in [-0.05, 0) is 44.5 Å². The summed E-state index contributed by atoms with van der Waals surface area (Å²) in [6, 6.07) is 13.8. The van der Waals surface area contributed by atoms with E-state index in [9.17, 15) is 9.59 Å². The van der Waals surface area contributed by atoms with Crippen LogP contribution < -0.4 is 26.2 Å². The van der Waals surface area contributed by atoms with Crippen LogP contribution >= 0.6 is 11.8 Å². The van der Waals surface area contributed by atoms with Crippen molar-refractivity contribution in [1.82, 2.24) is 26.3 Å². The predicted octanol–water partition coefficient (Wildman–Crippen LogP) is 2.41. The van der Waals surface area contributed by atoms with Gasteiger partial charge in [-0.15, -0.1) is 0 Å². The molecule has 9 heteroatoms. The number of hydrogen-bond acceptors (Lipinski definition) is 6. The Balaban J connectivity index is 1.30. The second-order valence-electron chi connectivity index (χ2n) is 9.20. The third kappa shape index (κ3) is 3.87. The largest absolute Gasteiger partial charge is 0.348 e. The molecule has 0 radical (unpaired) electrons. The van der Waals surface area contributed by atoms with E-state index in [0.29, 0.717) is 4.91 Å². The average molecular weight is 477 g/mol. The Bertz CT molecular complexity index is 1130. The lowest BCUT2D eigenvalue weighted by atomic mass is 9.86. The summed E-state index contributed by atoms with van der Waals surface area (Å²) in [7, 11) is 0. The molecule has 5 heterocycles. The minimum Gasteiger partial charge on any atom is -0.348 e. The molecule has 4 aliphatic heterocycles. The Morgan fingerprint density at radius 3 is 2.85 bits per heavy atom. The highest BCUT2D eigenvalue weighted by molar-refractivity contribution is 8.04. The van der Waals surface area contributed by atoms with Crippen LogP contribution in [0.2, 0.25) is 0 Å². The SMILES string of the molecule is O=C(N[C@@H]1CCCNC1)C1=C2NC(=O)N(c3ccnc(-c4ccccc4)c3)C3CCNC(S1)C23. The molecule has 3 unspecified atom stereocenters. The van der Waals surface area contributed by atoms with Gasteiger partial charge in [0.1, 0.15) is 0 Å². The normalized spacial score (nSPS) is 28.4. The van der Waals surface area contributed by atoms with Crippen LogP contribution in [0.1, 0.15) is 19.3 Å². The number of anilines is 1. The lowest BCUT2D eigenvalue weighted by Gasteiger charge is -2.45. The number of carbonyl (C=O) groups is 2. The fraction of sp³-hybridized carbons (Fsp3) is 0.400. The summed E-state index contributed by atoms with van der Waals surface area (Å²) in [6.45, 7) is 2.59. The first-order chi connectivity index (χ1) is 16.7. The van der Waals surface area contributed by atoms with Crippen LogP contribution in [-0.4, -0.2) is 54.0 Å². The Morgan fingerprint density at radius 1 is 1.15 bits per heavy atom. The van der Waals surface area contributed by atoms with Crippen LogP contribution in [0.15, 0.2) is 59.3 Å². The van der Waals surface area contributed by atoms with E-state index in [4.69, 9.17) is 0 Å². The van der Waals surface area contributed by atoms with Gasteiger partial charge in [-0.3, -0.25) is 14.7 Å². The van der Waals surface area contributed by atoms with Gasteiger partial charge in [-0.2, -0.15) is 0 Å². The van der Waals surface area contributed by atoms with E-state index >= 15 is 0 Å². The molecule has 6 rings (SSSR count). The minimum atomic E-state index is -0.186. The first kappa shape index (κ1) is 21.6. The number of hydrogen-bond donors (Lipinski definition) is 4. The monoisotopic (exact) mass is 476 g/mol. The van der Waals surface area contributed by atoms with Crippen molar-refractivity contribution in [3.8, 4) is 11.3 Å². The molecule has 176 valence electrons. The number of aromatic nitrogens is 1. The summed E-state index contributed by atoms with van der Waals surface area (Å²) in [5.74, 6) is -0.0392.